The number of hydrogen-bond donors (Lipinski definition) is 0. The first-order chi connectivity index (χ1) is 14.1. The summed E-state index contributed by atoms with van der Waals surface area (Å²) in [6.07, 6.45) is -0.850. The summed E-state index contributed by atoms with van der Waals surface area (Å²) < 4.78 is 0.947. The summed E-state index contributed by atoms with van der Waals surface area (Å²) in [5, 5.41) is 1.71. The van der Waals surface area contributed by atoms with Gasteiger partial charge in [-0.15, -0.1) is 0 Å². The van der Waals surface area contributed by atoms with Crippen LogP contribution in [0.2, 0.25) is 0 Å². The zero-order chi connectivity index (χ0) is 20.0. The fraction of sp³-hybridized carbons (Fsp3) is 0.130. The smallest absolute Gasteiger partial charge is 0.266 e. The van der Waals surface area contributed by atoms with Gasteiger partial charge >= 0.3 is 0 Å². The van der Waals surface area contributed by atoms with E-state index in [1.165, 1.54) is 4.90 Å². The fourth-order valence-electron chi connectivity index (χ4n) is 4.04. The molecule has 0 N–H and O–H groups in total. The third kappa shape index (κ3) is 2.96. The molecule has 0 unspecified atom stereocenters. The number of hydrogen-bond acceptors (Lipinski definition) is 4. The lowest BCUT2D eigenvalue weighted by Gasteiger charge is -2.28. The Morgan fingerprint density at radius 2 is 1.31 bits per heavy atom. The van der Waals surface area contributed by atoms with Gasteiger partial charge in [-0.3, -0.25) is 14.4 Å². The number of carbonyl (C=O) groups is 2. The molecule has 0 aliphatic carbocycles. The zero-order valence-corrected chi connectivity index (χ0v) is 16.9. The van der Waals surface area contributed by atoms with E-state index in [0.29, 0.717) is 5.69 Å². The lowest BCUT2D eigenvalue weighted by molar-refractivity contribution is -0.126. The first-order valence-corrected chi connectivity index (χ1v) is 10.1. The van der Waals surface area contributed by atoms with Gasteiger partial charge in [0.05, 0.1) is 17.4 Å². The highest BCUT2D eigenvalue weighted by Crippen LogP contribution is 2.47. The largest absolute Gasteiger partial charge is 0.273 e. The van der Waals surface area contributed by atoms with Crippen LogP contribution in [0.3, 0.4) is 0 Å². The number of carbonyl (C=O) groups excluding carboxylic acids is 2. The van der Waals surface area contributed by atoms with Crippen molar-refractivity contribution >= 4 is 39.1 Å². The monoisotopic (exact) mass is 448 g/mol. The molecule has 144 valence electrons. The van der Waals surface area contributed by atoms with E-state index >= 15 is 0 Å². The summed E-state index contributed by atoms with van der Waals surface area (Å²) in [7, 11) is 0. The molecule has 0 bridgehead atoms. The van der Waals surface area contributed by atoms with Gasteiger partial charge in [-0.2, -0.15) is 0 Å². The maximum absolute atomic E-state index is 13.4. The maximum atomic E-state index is 13.4. The molecule has 6 heteroatoms. The molecular weight excluding hydrogens is 432 g/mol. The summed E-state index contributed by atoms with van der Waals surface area (Å²) in [5.41, 5.74) is 2.30. The van der Waals surface area contributed by atoms with E-state index in [2.05, 4.69) is 15.9 Å². The molecule has 2 heterocycles. The van der Waals surface area contributed by atoms with E-state index < -0.39 is 18.1 Å². The molecule has 3 aromatic rings. The van der Waals surface area contributed by atoms with Gasteiger partial charge in [0.2, 0.25) is 5.91 Å². The fourth-order valence-corrected chi connectivity index (χ4v) is 4.31. The van der Waals surface area contributed by atoms with Gasteiger partial charge in [-0.1, -0.05) is 64.5 Å². The van der Waals surface area contributed by atoms with E-state index in [0.717, 1.165) is 15.7 Å². The van der Waals surface area contributed by atoms with Gasteiger partial charge in [0.25, 0.3) is 5.91 Å². The van der Waals surface area contributed by atoms with Gasteiger partial charge in [-0.05, 0) is 42.0 Å². The predicted molar refractivity (Wildman–Crippen MR) is 113 cm³/mol. The SMILES string of the molecule is O=C1[C@H]2[C@@H](ON(c3ccccc3)[C@H]2c2ccc(Br)cc2)C(=O)N1c1ccccc1. The topological polar surface area (TPSA) is 49.9 Å². The Kier molecular flexibility index (Phi) is 4.45. The minimum atomic E-state index is -0.850. The van der Waals surface area contributed by atoms with Gasteiger partial charge in [0.1, 0.15) is 5.92 Å². The van der Waals surface area contributed by atoms with Crippen LogP contribution in [0.5, 0.6) is 0 Å². The lowest BCUT2D eigenvalue weighted by atomic mass is 9.90. The molecule has 5 nitrogen and oxygen atoms in total. The Bertz CT molecular complexity index is 1060. The van der Waals surface area contributed by atoms with Crippen molar-refractivity contribution in [1.29, 1.82) is 0 Å². The first-order valence-electron chi connectivity index (χ1n) is 9.34. The molecule has 3 aromatic carbocycles. The van der Waals surface area contributed by atoms with Crippen molar-refractivity contribution in [3.8, 4) is 0 Å². The molecule has 3 atom stereocenters. The second-order valence-electron chi connectivity index (χ2n) is 7.06. The quantitative estimate of drug-likeness (QED) is 0.553. The molecule has 0 radical (unpaired) electrons. The van der Waals surface area contributed by atoms with Gasteiger partial charge in [-0.25, -0.2) is 9.96 Å². The third-order valence-corrected chi connectivity index (χ3v) is 5.88. The van der Waals surface area contributed by atoms with Crippen LogP contribution in [-0.2, 0) is 14.4 Å². The molecule has 2 amide bonds. The van der Waals surface area contributed by atoms with Crippen LogP contribution >= 0.6 is 15.9 Å². The van der Waals surface area contributed by atoms with Gasteiger partial charge in [0, 0.05) is 4.47 Å². The number of nitrogens with zero attached hydrogens (tertiary/aromatic N) is 2. The first kappa shape index (κ1) is 18.1. The Hall–Kier alpha value is -2.96. The molecule has 2 aliphatic rings. The molecule has 0 spiro atoms. The summed E-state index contributed by atoms with van der Waals surface area (Å²) >= 11 is 3.46. The highest BCUT2D eigenvalue weighted by Gasteiger charge is 2.60. The van der Waals surface area contributed by atoms with Crippen LogP contribution in [0, 0.1) is 5.92 Å². The number of halogens is 1. The standard InChI is InChI=1S/C23H17BrN2O3/c24-16-13-11-15(12-14-16)20-19-21(29-26(20)18-9-5-2-6-10-18)23(28)25(22(19)27)17-7-3-1-4-8-17/h1-14,19-21H/t19-,20+,21-/m1/s1. The minimum absolute atomic E-state index is 0.238. The van der Waals surface area contributed by atoms with Crippen LogP contribution in [0.15, 0.2) is 89.4 Å². The van der Waals surface area contributed by atoms with E-state index in [1.807, 2.05) is 72.8 Å². The number of benzene rings is 3. The lowest BCUT2D eigenvalue weighted by Crippen LogP contribution is -2.37. The maximum Gasteiger partial charge on any atom is 0.266 e. The van der Waals surface area contributed by atoms with Crippen molar-refractivity contribution in [3.05, 3.63) is 95.0 Å². The van der Waals surface area contributed by atoms with E-state index in [9.17, 15) is 9.59 Å². The summed E-state index contributed by atoms with van der Waals surface area (Å²) in [6, 6.07) is 25.9. The molecule has 5 rings (SSSR count). The van der Waals surface area contributed by atoms with Crippen molar-refractivity contribution in [2.24, 2.45) is 5.92 Å². The molecule has 29 heavy (non-hydrogen) atoms. The van der Waals surface area contributed by atoms with Crippen LogP contribution in [-0.4, -0.2) is 17.9 Å². The van der Waals surface area contributed by atoms with Gasteiger partial charge < -0.3 is 0 Å². The third-order valence-electron chi connectivity index (χ3n) is 5.35. The van der Waals surface area contributed by atoms with Crippen molar-refractivity contribution in [3.63, 3.8) is 0 Å². The number of para-hydroxylation sites is 2. The minimum Gasteiger partial charge on any atom is -0.273 e. The van der Waals surface area contributed by atoms with E-state index in [1.54, 1.807) is 17.2 Å². The molecule has 0 saturated carbocycles. The Labute approximate surface area is 176 Å². The second-order valence-corrected chi connectivity index (χ2v) is 7.97. The molecular formula is C23H17BrN2O3. The Balaban J connectivity index is 1.59. The van der Waals surface area contributed by atoms with E-state index in [4.69, 9.17) is 4.84 Å². The molecule has 0 aromatic heterocycles. The van der Waals surface area contributed by atoms with Crippen molar-refractivity contribution in [1.82, 2.24) is 0 Å². The normalized spacial score (nSPS) is 23.6. The van der Waals surface area contributed by atoms with Gasteiger partial charge in [0.15, 0.2) is 6.10 Å². The number of hydroxylamine groups is 1. The molecule has 2 saturated heterocycles. The van der Waals surface area contributed by atoms with Crippen LogP contribution in [0.4, 0.5) is 11.4 Å². The second kappa shape index (κ2) is 7.13. The average molecular weight is 449 g/mol. The number of rotatable bonds is 3. The zero-order valence-electron chi connectivity index (χ0n) is 15.3. The summed E-state index contributed by atoms with van der Waals surface area (Å²) in [4.78, 5) is 33.9. The number of imide groups is 1. The average Bonchev–Trinajstić information content (AvgIpc) is 3.26. The van der Waals surface area contributed by atoms with Crippen molar-refractivity contribution < 1.29 is 14.4 Å². The van der Waals surface area contributed by atoms with Crippen LogP contribution < -0.4 is 9.96 Å². The highest BCUT2D eigenvalue weighted by atomic mass is 79.9. The Morgan fingerprint density at radius 1 is 0.724 bits per heavy atom. The Morgan fingerprint density at radius 3 is 1.93 bits per heavy atom. The van der Waals surface area contributed by atoms with Crippen molar-refractivity contribution in [2.45, 2.75) is 12.1 Å². The van der Waals surface area contributed by atoms with E-state index in [-0.39, 0.29) is 11.8 Å². The highest BCUT2D eigenvalue weighted by molar-refractivity contribution is 9.10. The van der Waals surface area contributed by atoms with Crippen molar-refractivity contribution in [2.75, 3.05) is 9.96 Å². The summed E-state index contributed by atoms with van der Waals surface area (Å²) in [6.45, 7) is 0. The molecule has 2 aliphatic heterocycles. The van der Waals surface area contributed by atoms with Crippen LogP contribution in [0.1, 0.15) is 11.6 Å². The van der Waals surface area contributed by atoms with Crippen LogP contribution in [0.25, 0.3) is 0 Å². The summed E-state index contributed by atoms with van der Waals surface area (Å²) in [5.74, 6) is -1.19. The number of amides is 2. The number of anilines is 2. The predicted octanol–water partition coefficient (Wildman–Crippen LogP) is 4.50. The number of fused-ring (bicyclic) bond motifs is 1. The molecule has 2 fully saturated rings.